The van der Waals surface area contributed by atoms with Gasteiger partial charge in [-0.25, -0.2) is 4.79 Å². The molecule has 1 aliphatic carbocycles. The van der Waals surface area contributed by atoms with Gasteiger partial charge in [-0.2, -0.15) is 0 Å². The van der Waals surface area contributed by atoms with Crippen LogP contribution in [-0.4, -0.2) is 66.0 Å². The summed E-state index contributed by atoms with van der Waals surface area (Å²) in [4.78, 5) is 46.6. The lowest BCUT2D eigenvalue weighted by molar-refractivity contribution is -0.117. The highest BCUT2D eigenvalue weighted by Gasteiger charge is 2.37. The van der Waals surface area contributed by atoms with Crippen molar-refractivity contribution in [1.82, 2.24) is 9.80 Å². The van der Waals surface area contributed by atoms with Crippen LogP contribution in [0.4, 0.5) is 16.2 Å². The first-order valence-corrected chi connectivity index (χ1v) is 15.1. The summed E-state index contributed by atoms with van der Waals surface area (Å²) in [5.74, 6) is 0.135. The third kappa shape index (κ3) is 6.75. The number of rotatable bonds is 5. The summed E-state index contributed by atoms with van der Waals surface area (Å²) in [6.45, 7) is 8.62. The monoisotopic (exact) mass is 552 g/mol. The van der Waals surface area contributed by atoms with Crippen molar-refractivity contribution in [3.63, 3.8) is 0 Å². The first kappa shape index (κ1) is 27.5. The van der Waals surface area contributed by atoms with Crippen LogP contribution in [0.25, 0.3) is 0 Å². The molecule has 3 fully saturated rings. The summed E-state index contributed by atoms with van der Waals surface area (Å²) in [7, 11) is 0. The van der Waals surface area contributed by atoms with Gasteiger partial charge in [0, 0.05) is 49.2 Å². The van der Waals surface area contributed by atoms with Gasteiger partial charge in [0.2, 0.25) is 5.91 Å². The molecule has 3 amide bonds. The van der Waals surface area contributed by atoms with Crippen molar-refractivity contribution in [2.45, 2.75) is 70.9 Å². The first-order chi connectivity index (χ1) is 18.7. The predicted molar refractivity (Wildman–Crippen MR) is 154 cm³/mol. The number of hydrogen-bond donors (Lipinski definition) is 1. The molecule has 2 aliphatic heterocycles. The van der Waals surface area contributed by atoms with E-state index in [2.05, 4.69) is 10.2 Å². The van der Waals surface area contributed by atoms with E-state index in [1.165, 1.54) is 12.8 Å². The molecule has 0 spiro atoms. The predicted octanol–water partition coefficient (Wildman–Crippen LogP) is 5.91. The van der Waals surface area contributed by atoms with Gasteiger partial charge in [-0.1, -0.05) is 18.9 Å². The normalized spacial score (nSPS) is 20.4. The molecule has 1 atom stereocenters. The number of anilines is 2. The molecule has 1 aromatic heterocycles. The average molecular weight is 553 g/mol. The molecule has 0 radical (unpaired) electrons. The van der Waals surface area contributed by atoms with Crippen LogP contribution in [0, 0.1) is 5.92 Å². The molecule has 2 saturated heterocycles. The summed E-state index contributed by atoms with van der Waals surface area (Å²) < 4.78 is 5.71. The first-order valence-electron chi connectivity index (χ1n) is 14.2. The largest absolute Gasteiger partial charge is 0.444 e. The minimum atomic E-state index is -0.594. The van der Waals surface area contributed by atoms with E-state index in [4.69, 9.17) is 4.74 Å². The molecular weight excluding hydrogens is 512 g/mol. The summed E-state index contributed by atoms with van der Waals surface area (Å²) in [5, 5.41) is 5.06. The fraction of sp³-hybridized carbons (Fsp3) is 0.567. The number of nitrogens with zero attached hydrogens (tertiary/aromatic N) is 3. The van der Waals surface area contributed by atoms with Crippen LogP contribution < -0.4 is 10.2 Å². The van der Waals surface area contributed by atoms with E-state index < -0.39 is 5.60 Å². The second kappa shape index (κ2) is 11.6. The van der Waals surface area contributed by atoms with Crippen LogP contribution in [0.15, 0.2) is 35.7 Å². The van der Waals surface area contributed by atoms with Crippen LogP contribution in [-0.2, 0) is 9.53 Å². The third-order valence-electron chi connectivity index (χ3n) is 7.56. The second-order valence-corrected chi connectivity index (χ2v) is 12.8. The molecule has 3 heterocycles. The molecule has 1 unspecified atom stereocenters. The van der Waals surface area contributed by atoms with Crippen molar-refractivity contribution in [3.8, 4) is 0 Å². The average Bonchev–Trinajstić information content (AvgIpc) is 3.68. The number of piperazine rings is 1. The zero-order chi connectivity index (χ0) is 27.6. The van der Waals surface area contributed by atoms with Gasteiger partial charge in [0.25, 0.3) is 5.91 Å². The second-order valence-electron chi connectivity index (χ2n) is 11.9. The zero-order valence-corrected chi connectivity index (χ0v) is 24.1. The zero-order valence-electron chi connectivity index (χ0n) is 23.3. The summed E-state index contributed by atoms with van der Waals surface area (Å²) in [5.41, 5.74) is 1.69. The molecule has 5 rings (SSSR count). The van der Waals surface area contributed by atoms with Gasteiger partial charge in [-0.3, -0.25) is 14.5 Å². The van der Waals surface area contributed by atoms with Crippen LogP contribution in [0.2, 0.25) is 0 Å². The molecular formula is C30H40N4O4S. The van der Waals surface area contributed by atoms with Gasteiger partial charge >= 0.3 is 6.09 Å². The highest BCUT2D eigenvalue weighted by molar-refractivity contribution is 7.10. The molecule has 1 N–H and O–H groups in total. The highest BCUT2D eigenvalue weighted by atomic mass is 32.1. The van der Waals surface area contributed by atoms with Crippen molar-refractivity contribution in [2.75, 3.05) is 42.9 Å². The van der Waals surface area contributed by atoms with Crippen molar-refractivity contribution < 1.29 is 19.1 Å². The number of amides is 3. The Balaban J connectivity index is 1.40. The van der Waals surface area contributed by atoms with Gasteiger partial charge in [0.05, 0.1) is 17.3 Å². The van der Waals surface area contributed by atoms with Crippen LogP contribution in [0.3, 0.4) is 0 Å². The molecule has 9 heteroatoms. The van der Waals surface area contributed by atoms with Gasteiger partial charge in [0.15, 0.2) is 0 Å². The third-order valence-corrected chi connectivity index (χ3v) is 8.53. The summed E-state index contributed by atoms with van der Waals surface area (Å²) in [6, 6.07) is 9.41. The van der Waals surface area contributed by atoms with E-state index in [1.54, 1.807) is 16.2 Å². The SMILES string of the molecule is CC(C)(C)OC(=O)N1CCN(C(=O)c2ccc(NC(=O)C3CC3)cc2N2CCCCCC2)CC1c1cccs1. The van der Waals surface area contributed by atoms with Crippen molar-refractivity contribution in [1.29, 1.82) is 0 Å². The lowest BCUT2D eigenvalue weighted by Gasteiger charge is -2.41. The van der Waals surface area contributed by atoms with Gasteiger partial charge in [-0.15, -0.1) is 11.3 Å². The molecule has 2 aromatic rings. The summed E-state index contributed by atoms with van der Waals surface area (Å²) in [6.07, 6.45) is 6.08. The van der Waals surface area contributed by atoms with Crippen LogP contribution in [0.5, 0.6) is 0 Å². The number of nitrogens with one attached hydrogen (secondary N) is 1. The Hall–Kier alpha value is -3.07. The van der Waals surface area contributed by atoms with Crippen molar-refractivity contribution in [3.05, 3.63) is 46.2 Å². The van der Waals surface area contributed by atoms with E-state index in [-0.39, 0.29) is 29.9 Å². The standard InChI is InChI=1S/C30H40N4O4S/c1-30(2,3)38-29(37)34-17-16-33(20-25(34)26-9-8-18-39-26)28(36)23-13-12-22(31-27(35)21-10-11-21)19-24(23)32-14-6-4-5-7-15-32/h8-9,12-13,18-19,21,25H,4-7,10-11,14-17,20H2,1-3H3,(H,31,35). The Labute approximate surface area is 235 Å². The minimum Gasteiger partial charge on any atom is -0.444 e. The van der Waals surface area contributed by atoms with Gasteiger partial charge in [0.1, 0.15) is 5.60 Å². The fourth-order valence-electron chi connectivity index (χ4n) is 5.35. The maximum atomic E-state index is 14.1. The molecule has 1 aromatic carbocycles. The lowest BCUT2D eigenvalue weighted by Crippen LogP contribution is -2.53. The Morgan fingerprint density at radius 1 is 0.974 bits per heavy atom. The van der Waals surface area contributed by atoms with Crippen molar-refractivity contribution in [2.24, 2.45) is 5.92 Å². The smallest absolute Gasteiger partial charge is 0.410 e. The Bertz CT molecular complexity index is 1180. The molecule has 0 bridgehead atoms. The van der Waals surface area contributed by atoms with E-state index in [0.29, 0.717) is 25.2 Å². The van der Waals surface area contributed by atoms with E-state index in [0.717, 1.165) is 55.0 Å². The Morgan fingerprint density at radius 3 is 2.36 bits per heavy atom. The lowest BCUT2D eigenvalue weighted by atomic mass is 10.1. The summed E-state index contributed by atoms with van der Waals surface area (Å²) >= 11 is 1.59. The molecule has 3 aliphatic rings. The van der Waals surface area contributed by atoms with Gasteiger partial charge < -0.3 is 19.9 Å². The Morgan fingerprint density at radius 2 is 1.72 bits per heavy atom. The number of carbonyl (C=O) groups is 3. The number of ether oxygens (including phenoxy) is 1. The van der Waals surface area contributed by atoms with E-state index in [9.17, 15) is 14.4 Å². The van der Waals surface area contributed by atoms with Gasteiger partial charge in [-0.05, 0) is 76.1 Å². The molecule has 39 heavy (non-hydrogen) atoms. The highest BCUT2D eigenvalue weighted by Crippen LogP contribution is 2.35. The Kier molecular flexibility index (Phi) is 8.16. The molecule has 1 saturated carbocycles. The number of benzene rings is 1. The maximum Gasteiger partial charge on any atom is 0.410 e. The number of carbonyl (C=O) groups excluding carboxylic acids is 3. The fourth-order valence-corrected chi connectivity index (χ4v) is 6.18. The minimum absolute atomic E-state index is 0.0419. The topological polar surface area (TPSA) is 82.2 Å². The maximum absolute atomic E-state index is 14.1. The van der Waals surface area contributed by atoms with E-state index >= 15 is 0 Å². The molecule has 210 valence electrons. The quantitative estimate of drug-likeness (QED) is 0.499. The number of thiophene rings is 1. The molecule has 8 nitrogen and oxygen atoms in total. The van der Waals surface area contributed by atoms with Crippen molar-refractivity contribution >= 4 is 40.6 Å². The van der Waals surface area contributed by atoms with Crippen LogP contribution in [0.1, 0.15) is 80.6 Å². The van der Waals surface area contributed by atoms with Crippen LogP contribution >= 0.6 is 11.3 Å². The number of hydrogen-bond acceptors (Lipinski definition) is 6. The van der Waals surface area contributed by atoms with E-state index in [1.807, 2.05) is 61.4 Å².